The Morgan fingerprint density at radius 1 is 1.32 bits per heavy atom. The first-order valence-electron chi connectivity index (χ1n) is 5.69. The summed E-state index contributed by atoms with van der Waals surface area (Å²) in [6.45, 7) is 0.447. The summed E-state index contributed by atoms with van der Waals surface area (Å²) in [5.74, 6) is -1.21. The Kier molecular flexibility index (Phi) is 4.02. The summed E-state index contributed by atoms with van der Waals surface area (Å²) in [5.41, 5.74) is 0.704. The Labute approximate surface area is 109 Å². The third-order valence-electron chi connectivity index (χ3n) is 2.50. The highest BCUT2D eigenvalue weighted by Gasteiger charge is 2.11. The van der Waals surface area contributed by atoms with Crippen molar-refractivity contribution in [1.29, 1.82) is 0 Å². The predicted octanol–water partition coefficient (Wildman–Crippen LogP) is 1.97. The van der Waals surface area contributed by atoms with Crippen molar-refractivity contribution < 1.29 is 14.3 Å². The molecule has 1 aromatic carbocycles. The van der Waals surface area contributed by atoms with Crippen LogP contribution in [0.1, 0.15) is 16.1 Å². The number of anilines is 1. The van der Waals surface area contributed by atoms with Crippen LogP contribution in [0.3, 0.4) is 0 Å². The molecule has 1 aromatic heterocycles. The summed E-state index contributed by atoms with van der Waals surface area (Å²) in [6.07, 6.45) is 3.30. The lowest BCUT2D eigenvalue weighted by Crippen LogP contribution is -2.12. The summed E-state index contributed by atoms with van der Waals surface area (Å²) in [4.78, 5) is 18.6. The zero-order valence-corrected chi connectivity index (χ0v) is 10.0. The number of carboxylic acid groups (broad SMARTS) is 1. The molecular weight excluding hydrogens is 249 g/mol. The lowest BCUT2D eigenvalue weighted by atomic mass is 10.1. The molecule has 0 amide bonds. The number of carbonyl (C=O) groups is 1. The summed E-state index contributed by atoms with van der Waals surface area (Å²) >= 11 is 0. The number of hydrogen-bond acceptors (Lipinski definition) is 4. The van der Waals surface area contributed by atoms with Crippen LogP contribution < -0.4 is 5.32 Å². The van der Waals surface area contributed by atoms with Gasteiger partial charge in [0.2, 0.25) is 0 Å². The van der Waals surface area contributed by atoms with Crippen LogP contribution in [-0.4, -0.2) is 27.6 Å². The number of nitrogens with one attached hydrogen (secondary N) is 1. The van der Waals surface area contributed by atoms with Crippen molar-refractivity contribution in [3.05, 3.63) is 53.7 Å². The fourth-order valence-corrected chi connectivity index (χ4v) is 1.64. The average molecular weight is 261 g/mol. The third-order valence-corrected chi connectivity index (χ3v) is 2.50. The van der Waals surface area contributed by atoms with E-state index in [2.05, 4.69) is 15.3 Å². The van der Waals surface area contributed by atoms with Crippen LogP contribution >= 0.6 is 0 Å². The summed E-state index contributed by atoms with van der Waals surface area (Å²) < 4.78 is 13.0. The molecule has 0 atom stereocenters. The smallest absolute Gasteiger partial charge is 0.358 e. The second kappa shape index (κ2) is 5.90. The molecule has 0 radical (unpaired) electrons. The molecule has 0 unspecified atom stereocenters. The predicted molar refractivity (Wildman–Crippen MR) is 67.6 cm³/mol. The first-order valence-corrected chi connectivity index (χ1v) is 5.69. The molecule has 0 aliphatic carbocycles. The Bertz CT molecular complexity index is 590. The molecule has 2 rings (SSSR count). The Balaban J connectivity index is 1.98. The minimum atomic E-state index is -1.14. The van der Waals surface area contributed by atoms with E-state index in [4.69, 9.17) is 5.11 Å². The van der Waals surface area contributed by atoms with Crippen LogP contribution in [0, 0.1) is 5.82 Å². The van der Waals surface area contributed by atoms with Gasteiger partial charge in [-0.05, 0) is 24.1 Å². The van der Waals surface area contributed by atoms with E-state index >= 15 is 0 Å². The number of aromatic nitrogens is 2. The number of carboxylic acids is 1. The molecule has 98 valence electrons. The molecule has 0 aliphatic heterocycles. The molecule has 6 heteroatoms. The van der Waals surface area contributed by atoms with Gasteiger partial charge in [0.15, 0.2) is 11.5 Å². The van der Waals surface area contributed by atoms with Crippen molar-refractivity contribution in [2.75, 3.05) is 11.9 Å². The van der Waals surface area contributed by atoms with Gasteiger partial charge in [-0.15, -0.1) is 0 Å². The van der Waals surface area contributed by atoms with E-state index in [1.807, 2.05) is 0 Å². The Morgan fingerprint density at radius 3 is 2.84 bits per heavy atom. The van der Waals surface area contributed by atoms with E-state index in [9.17, 15) is 9.18 Å². The maximum atomic E-state index is 13.0. The van der Waals surface area contributed by atoms with Crippen molar-refractivity contribution in [3.8, 4) is 0 Å². The van der Waals surface area contributed by atoms with Crippen LogP contribution in [0.25, 0.3) is 0 Å². The molecule has 0 saturated carbocycles. The fourth-order valence-electron chi connectivity index (χ4n) is 1.64. The third kappa shape index (κ3) is 3.48. The van der Waals surface area contributed by atoms with E-state index < -0.39 is 5.97 Å². The normalized spacial score (nSPS) is 10.2. The average Bonchev–Trinajstić information content (AvgIpc) is 2.39. The maximum Gasteiger partial charge on any atom is 0.358 e. The first kappa shape index (κ1) is 12.9. The van der Waals surface area contributed by atoms with Gasteiger partial charge in [0.1, 0.15) is 5.82 Å². The van der Waals surface area contributed by atoms with Gasteiger partial charge < -0.3 is 10.4 Å². The molecule has 0 fully saturated rings. The van der Waals surface area contributed by atoms with E-state index in [1.165, 1.54) is 24.5 Å². The van der Waals surface area contributed by atoms with Crippen LogP contribution in [0.5, 0.6) is 0 Å². The standard InChI is InChI=1S/C13H12FN3O2/c14-10-3-1-2-9(8-10)4-5-16-12-11(13(18)19)15-6-7-17-12/h1-3,6-8H,4-5H2,(H,16,17)(H,18,19). The van der Waals surface area contributed by atoms with Gasteiger partial charge >= 0.3 is 5.97 Å². The van der Waals surface area contributed by atoms with Crippen molar-refractivity contribution in [3.63, 3.8) is 0 Å². The number of benzene rings is 1. The Hall–Kier alpha value is -2.50. The highest BCUT2D eigenvalue weighted by Crippen LogP contribution is 2.09. The zero-order chi connectivity index (χ0) is 13.7. The Morgan fingerprint density at radius 2 is 2.11 bits per heavy atom. The molecule has 19 heavy (non-hydrogen) atoms. The van der Waals surface area contributed by atoms with E-state index in [0.29, 0.717) is 13.0 Å². The second-order valence-corrected chi connectivity index (χ2v) is 3.87. The van der Waals surface area contributed by atoms with Gasteiger partial charge in [-0.2, -0.15) is 0 Å². The summed E-state index contributed by atoms with van der Waals surface area (Å²) in [5, 5.41) is 11.8. The molecule has 2 aromatic rings. The topological polar surface area (TPSA) is 75.1 Å². The highest BCUT2D eigenvalue weighted by molar-refractivity contribution is 5.90. The second-order valence-electron chi connectivity index (χ2n) is 3.87. The molecule has 2 N–H and O–H groups in total. The van der Waals surface area contributed by atoms with Crippen LogP contribution in [-0.2, 0) is 6.42 Å². The largest absolute Gasteiger partial charge is 0.476 e. The molecule has 1 heterocycles. The van der Waals surface area contributed by atoms with Crippen LogP contribution in [0.15, 0.2) is 36.7 Å². The first-order chi connectivity index (χ1) is 9.16. The number of hydrogen-bond donors (Lipinski definition) is 2. The van der Waals surface area contributed by atoms with Crippen molar-refractivity contribution in [2.45, 2.75) is 6.42 Å². The number of halogens is 1. The van der Waals surface area contributed by atoms with Gasteiger partial charge in [0, 0.05) is 18.9 Å². The maximum absolute atomic E-state index is 13.0. The van der Waals surface area contributed by atoms with Gasteiger partial charge in [0.05, 0.1) is 0 Å². The molecular formula is C13H12FN3O2. The van der Waals surface area contributed by atoms with E-state index in [0.717, 1.165) is 5.56 Å². The lowest BCUT2D eigenvalue weighted by molar-refractivity contribution is 0.0691. The van der Waals surface area contributed by atoms with Gasteiger partial charge in [0.25, 0.3) is 0 Å². The monoisotopic (exact) mass is 261 g/mol. The molecule has 0 bridgehead atoms. The lowest BCUT2D eigenvalue weighted by Gasteiger charge is -2.07. The SMILES string of the molecule is O=C(O)c1nccnc1NCCc1cccc(F)c1. The van der Waals surface area contributed by atoms with Crippen molar-refractivity contribution >= 4 is 11.8 Å². The number of aromatic carboxylic acids is 1. The van der Waals surface area contributed by atoms with Gasteiger partial charge in [-0.1, -0.05) is 12.1 Å². The molecule has 0 saturated heterocycles. The van der Waals surface area contributed by atoms with Gasteiger partial charge in [-0.25, -0.2) is 19.2 Å². The van der Waals surface area contributed by atoms with E-state index in [1.54, 1.807) is 12.1 Å². The van der Waals surface area contributed by atoms with E-state index in [-0.39, 0.29) is 17.3 Å². The summed E-state index contributed by atoms with van der Waals surface area (Å²) in [7, 11) is 0. The summed E-state index contributed by atoms with van der Waals surface area (Å²) in [6, 6.07) is 6.26. The minimum absolute atomic E-state index is 0.123. The molecule has 0 spiro atoms. The fraction of sp³-hybridized carbons (Fsp3) is 0.154. The van der Waals surface area contributed by atoms with Crippen LogP contribution in [0.2, 0.25) is 0 Å². The molecule has 0 aliphatic rings. The van der Waals surface area contributed by atoms with Crippen molar-refractivity contribution in [2.24, 2.45) is 0 Å². The zero-order valence-electron chi connectivity index (χ0n) is 10.0. The van der Waals surface area contributed by atoms with Crippen molar-refractivity contribution in [1.82, 2.24) is 9.97 Å². The van der Waals surface area contributed by atoms with Gasteiger partial charge in [-0.3, -0.25) is 0 Å². The van der Waals surface area contributed by atoms with Crippen LogP contribution in [0.4, 0.5) is 10.2 Å². The number of nitrogens with zero attached hydrogens (tertiary/aromatic N) is 2. The molecule has 5 nitrogen and oxygen atoms in total. The quantitative estimate of drug-likeness (QED) is 0.860. The number of rotatable bonds is 5. The minimum Gasteiger partial charge on any atom is -0.476 e. The highest BCUT2D eigenvalue weighted by atomic mass is 19.1.